The molecule has 5 aromatic rings. The highest BCUT2D eigenvalue weighted by atomic mass is 19.1. The van der Waals surface area contributed by atoms with Crippen molar-refractivity contribution in [2.45, 2.75) is 6.92 Å². The van der Waals surface area contributed by atoms with Crippen molar-refractivity contribution in [3.8, 4) is 22.4 Å². The van der Waals surface area contributed by atoms with Crippen molar-refractivity contribution in [2.75, 3.05) is 0 Å². The summed E-state index contributed by atoms with van der Waals surface area (Å²) in [7, 11) is 0. The van der Waals surface area contributed by atoms with Gasteiger partial charge in [0, 0.05) is 23.3 Å². The summed E-state index contributed by atoms with van der Waals surface area (Å²) in [5.74, 6) is -0.273. The molecule has 3 heterocycles. The monoisotopic (exact) mass is 343 g/mol. The van der Waals surface area contributed by atoms with Gasteiger partial charge in [-0.3, -0.25) is 5.10 Å². The summed E-state index contributed by atoms with van der Waals surface area (Å²) >= 11 is 0. The lowest BCUT2D eigenvalue weighted by molar-refractivity contribution is 0.628. The number of benzene rings is 2. The molecule has 126 valence electrons. The molecule has 0 aliphatic carbocycles. The molecule has 5 nitrogen and oxygen atoms in total. The zero-order valence-electron chi connectivity index (χ0n) is 13.9. The summed E-state index contributed by atoms with van der Waals surface area (Å²) < 4.78 is 15.2. The number of H-pyrrole nitrogens is 1. The Morgan fingerprint density at radius 1 is 1.04 bits per heavy atom. The minimum Gasteiger partial charge on any atom is -0.278 e. The predicted molar refractivity (Wildman–Crippen MR) is 98.2 cm³/mol. The third-order valence-corrected chi connectivity index (χ3v) is 4.47. The first-order chi connectivity index (χ1) is 12.7. The Morgan fingerprint density at radius 3 is 2.73 bits per heavy atom. The van der Waals surface area contributed by atoms with Crippen LogP contribution in [-0.2, 0) is 0 Å². The molecule has 0 fully saturated rings. The molecule has 1 N–H and O–H groups in total. The average molecular weight is 343 g/mol. The van der Waals surface area contributed by atoms with Gasteiger partial charge in [0.25, 0.3) is 0 Å². The van der Waals surface area contributed by atoms with Crippen molar-refractivity contribution >= 4 is 16.6 Å². The number of aryl methyl sites for hydroxylation is 1. The van der Waals surface area contributed by atoms with Gasteiger partial charge in [-0.2, -0.15) is 10.2 Å². The van der Waals surface area contributed by atoms with E-state index in [2.05, 4.69) is 15.2 Å². The van der Waals surface area contributed by atoms with Gasteiger partial charge in [-0.1, -0.05) is 12.1 Å². The Bertz CT molecular complexity index is 1250. The van der Waals surface area contributed by atoms with Crippen LogP contribution in [0.5, 0.6) is 0 Å². The van der Waals surface area contributed by atoms with Crippen LogP contribution >= 0.6 is 0 Å². The van der Waals surface area contributed by atoms with Crippen LogP contribution in [0.4, 0.5) is 4.39 Å². The molecular weight excluding hydrogens is 329 g/mol. The fourth-order valence-corrected chi connectivity index (χ4v) is 3.27. The maximum Gasteiger partial charge on any atom is 0.163 e. The van der Waals surface area contributed by atoms with Crippen LogP contribution in [0.2, 0.25) is 0 Å². The molecular formula is C20H14FN5. The highest BCUT2D eigenvalue weighted by Gasteiger charge is 2.20. The highest BCUT2D eigenvalue weighted by molar-refractivity contribution is 6.02. The Labute approximate surface area is 148 Å². The van der Waals surface area contributed by atoms with Gasteiger partial charge in [0.05, 0.1) is 17.3 Å². The molecule has 0 spiro atoms. The molecule has 0 aliphatic rings. The summed E-state index contributed by atoms with van der Waals surface area (Å²) in [6.07, 6.45) is 5.57. The molecule has 0 atom stereocenters. The normalized spacial score (nSPS) is 11.5. The van der Waals surface area contributed by atoms with Gasteiger partial charge in [0.1, 0.15) is 11.5 Å². The topological polar surface area (TPSA) is 58.9 Å². The van der Waals surface area contributed by atoms with E-state index in [1.807, 2.05) is 37.5 Å². The van der Waals surface area contributed by atoms with Crippen LogP contribution < -0.4 is 0 Å². The number of rotatable bonds is 2. The lowest BCUT2D eigenvalue weighted by Crippen LogP contribution is -1.91. The number of fused-ring (bicyclic) bond motifs is 2. The minimum absolute atomic E-state index is 0.273. The third-order valence-electron chi connectivity index (χ3n) is 4.47. The van der Waals surface area contributed by atoms with Gasteiger partial charge >= 0.3 is 0 Å². The van der Waals surface area contributed by atoms with Crippen molar-refractivity contribution in [1.29, 1.82) is 0 Å². The van der Waals surface area contributed by atoms with Gasteiger partial charge in [0.2, 0.25) is 0 Å². The fourth-order valence-electron chi connectivity index (χ4n) is 3.27. The number of halogens is 1. The number of nitrogens with one attached hydrogen (secondary N) is 1. The average Bonchev–Trinajstić information content (AvgIpc) is 3.26. The first-order valence-corrected chi connectivity index (χ1v) is 8.24. The maximum absolute atomic E-state index is 13.4. The van der Waals surface area contributed by atoms with Gasteiger partial charge in [-0.25, -0.2) is 13.9 Å². The third kappa shape index (κ3) is 2.19. The van der Waals surface area contributed by atoms with Gasteiger partial charge in [-0.05, 0) is 48.4 Å². The van der Waals surface area contributed by atoms with Crippen molar-refractivity contribution in [3.63, 3.8) is 0 Å². The molecule has 2 aromatic carbocycles. The molecule has 26 heavy (non-hydrogen) atoms. The highest BCUT2D eigenvalue weighted by Crippen LogP contribution is 2.37. The van der Waals surface area contributed by atoms with Crippen LogP contribution in [0.3, 0.4) is 0 Å². The Balaban J connectivity index is 1.89. The SMILES string of the molecule is Cc1cnc2c(-c3cccc4[nH]ncc34)c(-c3ccc(F)cc3)nn2c1. The number of hydrogen-bond acceptors (Lipinski definition) is 3. The van der Waals surface area contributed by atoms with Gasteiger partial charge in [0.15, 0.2) is 5.65 Å². The van der Waals surface area contributed by atoms with E-state index in [1.165, 1.54) is 12.1 Å². The van der Waals surface area contributed by atoms with E-state index in [0.29, 0.717) is 0 Å². The zero-order chi connectivity index (χ0) is 17.7. The number of nitrogens with zero attached hydrogens (tertiary/aromatic N) is 4. The summed E-state index contributed by atoms with van der Waals surface area (Å²) in [6.45, 7) is 1.97. The minimum atomic E-state index is -0.273. The van der Waals surface area contributed by atoms with Gasteiger partial charge in [-0.15, -0.1) is 0 Å². The summed E-state index contributed by atoms with van der Waals surface area (Å²) in [5, 5.41) is 12.9. The van der Waals surface area contributed by atoms with Crippen molar-refractivity contribution in [2.24, 2.45) is 0 Å². The van der Waals surface area contributed by atoms with E-state index in [9.17, 15) is 4.39 Å². The fraction of sp³-hybridized carbons (Fsp3) is 0.0500. The molecule has 0 bridgehead atoms. The van der Waals surface area contributed by atoms with E-state index < -0.39 is 0 Å². The molecule has 0 amide bonds. The lowest BCUT2D eigenvalue weighted by Gasteiger charge is -2.05. The molecule has 0 saturated heterocycles. The van der Waals surface area contributed by atoms with Crippen LogP contribution in [0.1, 0.15) is 5.56 Å². The maximum atomic E-state index is 13.4. The summed E-state index contributed by atoms with van der Waals surface area (Å²) in [6, 6.07) is 12.4. The smallest absolute Gasteiger partial charge is 0.163 e. The number of hydrogen-bond donors (Lipinski definition) is 1. The van der Waals surface area contributed by atoms with Crippen LogP contribution in [-0.4, -0.2) is 24.8 Å². The summed E-state index contributed by atoms with van der Waals surface area (Å²) in [5.41, 5.74) is 6.20. The molecule has 6 heteroatoms. The van der Waals surface area contributed by atoms with E-state index in [-0.39, 0.29) is 5.82 Å². The Kier molecular flexibility index (Phi) is 3.12. The van der Waals surface area contributed by atoms with Crippen LogP contribution in [0.25, 0.3) is 38.9 Å². The van der Waals surface area contributed by atoms with Gasteiger partial charge < -0.3 is 0 Å². The second-order valence-electron chi connectivity index (χ2n) is 6.27. The molecule has 5 rings (SSSR count). The van der Waals surface area contributed by atoms with E-state index in [4.69, 9.17) is 5.10 Å². The largest absolute Gasteiger partial charge is 0.278 e. The predicted octanol–water partition coefficient (Wildman–Crippen LogP) is 4.39. The first-order valence-electron chi connectivity index (χ1n) is 8.24. The standard InChI is InChI=1S/C20H14FN5/c1-12-9-22-20-18(15-3-2-4-17-16(15)10-23-24-17)19(25-26(20)11-12)13-5-7-14(21)8-6-13/h2-11H,1H3,(H,23,24). The molecule has 0 saturated carbocycles. The zero-order valence-corrected chi connectivity index (χ0v) is 13.9. The van der Waals surface area contributed by atoms with E-state index >= 15 is 0 Å². The Morgan fingerprint density at radius 2 is 1.88 bits per heavy atom. The number of aromatic nitrogens is 5. The van der Waals surface area contributed by atoms with Crippen LogP contribution in [0, 0.1) is 12.7 Å². The number of aromatic amines is 1. The molecule has 0 unspecified atom stereocenters. The van der Waals surface area contributed by atoms with Crippen molar-refractivity contribution in [3.05, 3.63) is 72.4 Å². The van der Waals surface area contributed by atoms with E-state index in [0.717, 1.165) is 44.5 Å². The molecule has 0 aliphatic heterocycles. The Hall–Kier alpha value is -3.54. The summed E-state index contributed by atoms with van der Waals surface area (Å²) in [4.78, 5) is 4.61. The second-order valence-corrected chi connectivity index (χ2v) is 6.27. The van der Waals surface area contributed by atoms with Crippen molar-refractivity contribution in [1.82, 2.24) is 24.8 Å². The van der Waals surface area contributed by atoms with Crippen molar-refractivity contribution < 1.29 is 4.39 Å². The molecule has 3 aromatic heterocycles. The van der Waals surface area contributed by atoms with Crippen LogP contribution in [0.15, 0.2) is 61.1 Å². The van der Waals surface area contributed by atoms with E-state index in [1.54, 1.807) is 22.8 Å². The lowest BCUT2D eigenvalue weighted by atomic mass is 9.98. The molecule has 0 radical (unpaired) electrons. The quantitative estimate of drug-likeness (QED) is 0.517. The second kappa shape index (κ2) is 5.49. The first kappa shape index (κ1) is 14.8.